The van der Waals surface area contributed by atoms with Crippen molar-refractivity contribution in [1.29, 1.82) is 0 Å². The summed E-state index contributed by atoms with van der Waals surface area (Å²) in [7, 11) is 0. The monoisotopic (exact) mass is 404 g/mol. The minimum atomic E-state index is -0.260. The quantitative estimate of drug-likeness (QED) is 0.550. The lowest BCUT2D eigenvalue weighted by Gasteiger charge is -2.28. The van der Waals surface area contributed by atoms with Crippen LogP contribution >= 0.6 is 0 Å². The highest BCUT2D eigenvalue weighted by Crippen LogP contribution is 2.24. The molecule has 1 N–H and O–H groups in total. The number of morpholine rings is 1. The third-order valence-corrected chi connectivity index (χ3v) is 5.28. The number of pyridine rings is 1. The van der Waals surface area contributed by atoms with Crippen LogP contribution in [-0.4, -0.2) is 46.3 Å². The molecule has 1 aliphatic rings. The van der Waals surface area contributed by atoms with Gasteiger partial charge < -0.3 is 15.0 Å². The maximum atomic E-state index is 13.3. The number of hydrogen-bond donors (Lipinski definition) is 1. The molecule has 0 saturated carbocycles. The van der Waals surface area contributed by atoms with Crippen molar-refractivity contribution in [3.05, 3.63) is 72.2 Å². The standard InChI is InChI=1S/C22H21FN6O/c23-19-3-1-16(2-4-19)18-13-17(22-25-26-27-29(22)15-18)14-24-20-5-7-21(8-6-20)28-9-11-30-12-10-28/h1-8,13,15,24H,9-12,14H2. The van der Waals surface area contributed by atoms with Crippen molar-refractivity contribution in [2.24, 2.45) is 0 Å². The van der Waals surface area contributed by atoms with Crippen LogP contribution in [0.15, 0.2) is 60.8 Å². The van der Waals surface area contributed by atoms with Crippen LogP contribution in [0.25, 0.3) is 16.8 Å². The summed E-state index contributed by atoms with van der Waals surface area (Å²) in [6.07, 6.45) is 1.85. The Balaban J connectivity index is 1.36. The van der Waals surface area contributed by atoms with E-state index in [2.05, 4.69) is 50.0 Å². The fourth-order valence-electron chi connectivity index (χ4n) is 3.65. The van der Waals surface area contributed by atoms with Crippen LogP contribution in [0.2, 0.25) is 0 Å². The number of halogens is 1. The molecule has 7 nitrogen and oxygen atoms in total. The van der Waals surface area contributed by atoms with E-state index in [0.29, 0.717) is 12.2 Å². The minimum absolute atomic E-state index is 0.260. The van der Waals surface area contributed by atoms with E-state index in [1.54, 1.807) is 16.6 Å². The van der Waals surface area contributed by atoms with Gasteiger partial charge in [-0.3, -0.25) is 0 Å². The summed E-state index contributed by atoms with van der Waals surface area (Å²) in [5, 5.41) is 15.4. The Morgan fingerprint density at radius 3 is 2.50 bits per heavy atom. The predicted molar refractivity (Wildman–Crippen MR) is 113 cm³/mol. The Hall–Kier alpha value is -3.52. The lowest BCUT2D eigenvalue weighted by atomic mass is 10.1. The summed E-state index contributed by atoms with van der Waals surface area (Å²) in [5.74, 6) is -0.260. The lowest BCUT2D eigenvalue weighted by Crippen LogP contribution is -2.36. The molecule has 0 radical (unpaired) electrons. The zero-order valence-corrected chi connectivity index (χ0v) is 16.3. The summed E-state index contributed by atoms with van der Waals surface area (Å²) in [6.45, 7) is 3.94. The Bertz CT molecular complexity index is 1140. The highest BCUT2D eigenvalue weighted by Gasteiger charge is 2.12. The van der Waals surface area contributed by atoms with Crippen LogP contribution in [0.5, 0.6) is 0 Å². The molecule has 8 heteroatoms. The van der Waals surface area contributed by atoms with Crippen molar-refractivity contribution in [1.82, 2.24) is 20.0 Å². The Morgan fingerprint density at radius 2 is 1.73 bits per heavy atom. The van der Waals surface area contributed by atoms with E-state index in [4.69, 9.17) is 4.74 Å². The van der Waals surface area contributed by atoms with Gasteiger partial charge >= 0.3 is 0 Å². The summed E-state index contributed by atoms with van der Waals surface area (Å²) in [5.41, 5.74) is 5.70. The van der Waals surface area contributed by atoms with E-state index in [1.165, 1.54) is 17.8 Å². The molecule has 0 aliphatic carbocycles. The second-order valence-electron chi connectivity index (χ2n) is 7.21. The lowest BCUT2D eigenvalue weighted by molar-refractivity contribution is 0.122. The van der Waals surface area contributed by atoms with Crippen LogP contribution < -0.4 is 10.2 Å². The van der Waals surface area contributed by atoms with Crippen LogP contribution in [0, 0.1) is 5.82 Å². The van der Waals surface area contributed by atoms with Gasteiger partial charge in [-0.25, -0.2) is 4.39 Å². The van der Waals surface area contributed by atoms with Crippen molar-refractivity contribution < 1.29 is 9.13 Å². The number of benzene rings is 2. The van der Waals surface area contributed by atoms with Crippen molar-refractivity contribution >= 4 is 17.0 Å². The summed E-state index contributed by atoms with van der Waals surface area (Å²) in [6, 6.07) is 16.8. The van der Waals surface area contributed by atoms with E-state index >= 15 is 0 Å². The molecule has 3 heterocycles. The molecule has 1 fully saturated rings. The Morgan fingerprint density at radius 1 is 0.967 bits per heavy atom. The second-order valence-corrected chi connectivity index (χ2v) is 7.21. The van der Waals surface area contributed by atoms with Crippen molar-refractivity contribution in [3.8, 4) is 11.1 Å². The number of fused-ring (bicyclic) bond motifs is 1. The third kappa shape index (κ3) is 3.81. The SMILES string of the molecule is Fc1ccc(-c2cc(CNc3ccc(N4CCOCC4)cc3)c3nnnn3c2)cc1. The number of anilines is 2. The molecule has 0 bridgehead atoms. The zero-order valence-electron chi connectivity index (χ0n) is 16.3. The smallest absolute Gasteiger partial charge is 0.184 e. The van der Waals surface area contributed by atoms with Gasteiger partial charge in [0.05, 0.1) is 13.2 Å². The molecule has 1 saturated heterocycles. The van der Waals surface area contributed by atoms with Crippen molar-refractivity contribution in [2.75, 3.05) is 36.5 Å². The maximum Gasteiger partial charge on any atom is 0.184 e. The van der Waals surface area contributed by atoms with E-state index < -0.39 is 0 Å². The average Bonchev–Trinajstić information content (AvgIpc) is 3.28. The number of nitrogens with zero attached hydrogens (tertiary/aromatic N) is 5. The first-order valence-corrected chi connectivity index (χ1v) is 9.89. The highest BCUT2D eigenvalue weighted by atomic mass is 19.1. The third-order valence-electron chi connectivity index (χ3n) is 5.28. The van der Waals surface area contributed by atoms with E-state index in [9.17, 15) is 4.39 Å². The predicted octanol–water partition coefficient (Wildman–Crippen LogP) is 3.38. The van der Waals surface area contributed by atoms with Gasteiger partial charge in [-0.05, 0) is 58.5 Å². The van der Waals surface area contributed by atoms with Crippen LogP contribution in [0.3, 0.4) is 0 Å². The topological polar surface area (TPSA) is 67.6 Å². The maximum absolute atomic E-state index is 13.3. The van der Waals surface area contributed by atoms with E-state index in [1.807, 2.05) is 12.3 Å². The number of aromatic nitrogens is 4. The normalized spacial score (nSPS) is 14.2. The molecule has 2 aromatic heterocycles. The van der Waals surface area contributed by atoms with Gasteiger partial charge in [0.25, 0.3) is 0 Å². The summed E-state index contributed by atoms with van der Waals surface area (Å²) < 4.78 is 20.4. The fourth-order valence-corrected chi connectivity index (χ4v) is 3.65. The first kappa shape index (κ1) is 18.5. The Labute approximate surface area is 173 Å². The number of rotatable bonds is 5. The number of ether oxygens (including phenoxy) is 1. The molecule has 152 valence electrons. The molecule has 0 spiro atoms. The highest BCUT2D eigenvalue weighted by molar-refractivity contribution is 5.67. The van der Waals surface area contributed by atoms with Crippen LogP contribution in [-0.2, 0) is 11.3 Å². The molecule has 0 unspecified atom stereocenters. The van der Waals surface area contributed by atoms with Crippen LogP contribution in [0.1, 0.15) is 5.56 Å². The molecule has 0 amide bonds. The van der Waals surface area contributed by atoms with Gasteiger partial charge in [0.15, 0.2) is 5.65 Å². The van der Waals surface area contributed by atoms with Gasteiger partial charge in [0, 0.05) is 48.3 Å². The van der Waals surface area contributed by atoms with Crippen molar-refractivity contribution in [3.63, 3.8) is 0 Å². The van der Waals surface area contributed by atoms with Gasteiger partial charge in [0.2, 0.25) is 0 Å². The van der Waals surface area contributed by atoms with Crippen LogP contribution in [0.4, 0.5) is 15.8 Å². The first-order chi connectivity index (χ1) is 14.8. The number of nitrogens with one attached hydrogen (secondary N) is 1. The first-order valence-electron chi connectivity index (χ1n) is 9.89. The molecule has 5 rings (SSSR count). The number of hydrogen-bond acceptors (Lipinski definition) is 6. The molecule has 30 heavy (non-hydrogen) atoms. The van der Waals surface area contributed by atoms with Gasteiger partial charge in [0.1, 0.15) is 5.82 Å². The van der Waals surface area contributed by atoms with Gasteiger partial charge in [-0.15, -0.1) is 5.10 Å². The molecule has 4 aromatic rings. The molecule has 0 atom stereocenters. The second kappa shape index (κ2) is 8.08. The summed E-state index contributed by atoms with van der Waals surface area (Å²) >= 11 is 0. The molecular weight excluding hydrogens is 383 g/mol. The van der Waals surface area contributed by atoms with Gasteiger partial charge in [-0.2, -0.15) is 4.52 Å². The van der Waals surface area contributed by atoms with E-state index in [0.717, 1.165) is 48.7 Å². The van der Waals surface area contributed by atoms with Crippen molar-refractivity contribution in [2.45, 2.75) is 6.54 Å². The van der Waals surface area contributed by atoms with Gasteiger partial charge in [-0.1, -0.05) is 12.1 Å². The van der Waals surface area contributed by atoms with E-state index in [-0.39, 0.29) is 5.82 Å². The average molecular weight is 404 g/mol. The largest absolute Gasteiger partial charge is 0.381 e. The summed E-state index contributed by atoms with van der Waals surface area (Å²) in [4.78, 5) is 2.32. The minimum Gasteiger partial charge on any atom is -0.381 e. The molecule has 2 aromatic carbocycles. The number of tetrazole rings is 1. The fraction of sp³-hybridized carbons (Fsp3) is 0.227. The molecular formula is C22H21FN6O. The Kier molecular flexibility index (Phi) is 4.98. The zero-order chi connectivity index (χ0) is 20.3. The molecule has 1 aliphatic heterocycles.